The number of nitrogens with zero attached hydrogens (tertiary/aromatic N) is 5. The number of aryl methyl sites for hydroxylation is 1. The molecule has 4 heterocycles. The van der Waals surface area contributed by atoms with Gasteiger partial charge in [-0.25, -0.2) is 19.7 Å². The molecule has 3 aromatic heterocycles. The van der Waals surface area contributed by atoms with Crippen molar-refractivity contribution in [1.82, 2.24) is 24.4 Å². The van der Waals surface area contributed by atoms with Crippen LogP contribution in [0.1, 0.15) is 15.5 Å². The van der Waals surface area contributed by atoms with E-state index in [0.29, 0.717) is 42.1 Å². The zero-order valence-electron chi connectivity index (χ0n) is 14.4. The van der Waals surface area contributed by atoms with Crippen molar-refractivity contribution < 1.29 is 14.3 Å². The van der Waals surface area contributed by atoms with E-state index in [1.165, 1.54) is 39.8 Å². The summed E-state index contributed by atoms with van der Waals surface area (Å²) >= 11 is 2.63. The molecule has 1 saturated heterocycles. The average molecular weight is 404 g/mol. The lowest BCUT2D eigenvalue weighted by Gasteiger charge is -2.25. The number of morpholine rings is 1. The lowest BCUT2D eigenvalue weighted by molar-refractivity contribution is 0.0302. The lowest BCUT2D eigenvalue weighted by Crippen LogP contribution is -2.40. The van der Waals surface area contributed by atoms with Crippen LogP contribution in [0.5, 0.6) is 0 Å². The molecule has 0 radical (unpaired) electrons. The Morgan fingerprint density at radius 3 is 2.81 bits per heavy atom. The number of nitrogens with one attached hydrogen (secondary N) is 1. The standard InChI is InChI=1S/C16H16N6O3S2/c1-10-12(27-15(18-10)20-16(24)22-3-2-17-9-22)11-8-26-13(19-11)14(23)21-4-6-25-7-5-21/h2-3,8-9H,4-7H2,1H3,(H,18,20,24). The number of ether oxygens (including phenoxy) is 1. The van der Waals surface area contributed by atoms with Crippen molar-refractivity contribution in [2.45, 2.75) is 6.92 Å². The SMILES string of the molecule is Cc1nc(NC(=O)n2ccnc2)sc1-c1csc(C(=O)N2CCOCC2)n1. The molecule has 0 spiro atoms. The monoisotopic (exact) mass is 404 g/mol. The summed E-state index contributed by atoms with van der Waals surface area (Å²) in [6.45, 7) is 4.12. The second-order valence-electron chi connectivity index (χ2n) is 5.78. The highest BCUT2D eigenvalue weighted by molar-refractivity contribution is 7.19. The third-order valence-corrected chi connectivity index (χ3v) is 5.89. The molecular formula is C16H16N6O3S2. The molecule has 0 aliphatic carbocycles. The summed E-state index contributed by atoms with van der Waals surface area (Å²) in [5, 5.41) is 5.49. The summed E-state index contributed by atoms with van der Waals surface area (Å²) in [6.07, 6.45) is 4.50. The van der Waals surface area contributed by atoms with E-state index in [0.717, 1.165) is 10.6 Å². The van der Waals surface area contributed by atoms with Crippen molar-refractivity contribution in [2.75, 3.05) is 31.6 Å². The van der Waals surface area contributed by atoms with Crippen LogP contribution in [-0.2, 0) is 4.74 Å². The first-order valence-corrected chi connectivity index (χ1v) is 9.91. The first-order valence-electron chi connectivity index (χ1n) is 8.21. The molecule has 2 amide bonds. The fourth-order valence-electron chi connectivity index (χ4n) is 2.60. The molecule has 0 atom stereocenters. The Morgan fingerprint density at radius 1 is 1.26 bits per heavy atom. The van der Waals surface area contributed by atoms with Crippen LogP contribution < -0.4 is 5.32 Å². The number of aromatic nitrogens is 4. The van der Waals surface area contributed by atoms with Crippen molar-refractivity contribution in [3.63, 3.8) is 0 Å². The summed E-state index contributed by atoms with van der Waals surface area (Å²) in [5.41, 5.74) is 1.44. The predicted octanol–water partition coefficient (Wildman–Crippen LogP) is 2.32. The Labute approximate surface area is 162 Å². The van der Waals surface area contributed by atoms with Crippen LogP contribution in [0.2, 0.25) is 0 Å². The number of hydrogen-bond donors (Lipinski definition) is 1. The Bertz CT molecular complexity index is 959. The Balaban J connectivity index is 1.50. The molecule has 0 saturated carbocycles. The molecule has 1 aliphatic heterocycles. The molecule has 11 heteroatoms. The van der Waals surface area contributed by atoms with Gasteiger partial charge in [0.05, 0.1) is 29.5 Å². The molecule has 9 nitrogen and oxygen atoms in total. The van der Waals surface area contributed by atoms with Gasteiger partial charge in [0, 0.05) is 30.9 Å². The normalized spacial score (nSPS) is 14.3. The van der Waals surface area contributed by atoms with Gasteiger partial charge in [-0.05, 0) is 6.92 Å². The van der Waals surface area contributed by atoms with Gasteiger partial charge in [0.1, 0.15) is 6.33 Å². The van der Waals surface area contributed by atoms with Gasteiger partial charge in [0.15, 0.2) is 10.1 Å². The third kappa shape index (κ3) is 3.75. The van der Waals surface area contributed by atoms with E-state index < -0.39 is 0 Å². The van der Waals surface area contributed by atoms with E-state index in [1.54, 1.807) is 11.1 Å². The number of thiazole rings is 2. The summed E-state index contributed by atoms with van der Waals surface area (Å²) < 4.78 is 6.61. The van der Waals surface area contributed by atoms with E-state index in [4.69, 9.17) is 4.74 Å². The van der Waals surface area contributed by atoms with Gasteiger partial charge >= 0.3 is 6.03 Å². The van der Waals surface area contributed by atoms with E-state index >= 15 is 0 Å². The molecule has 1 fully saturated rings. The van der Waals surface area contributed by atoms with E-state index in [1.807, 2.05) is 12.3 Å². The topological polar surface area (TPSA) is 102 Å². The zero-order valence-corrected chi connectivity index (χ0v) is 16.0. The number of rotatable bonds is 3. The van der Waals surface area contributed by atoms with Crippen LogP contribution >= 0.6 is 22.7 Å². The predicted molar refractivity (Wildman–Crippen MR) is 101 cm³/mol. The number of carbonyl (C=O) groups excluding carboxylic acids is 2. The highest BCUT2D eigenvalue weighted by atomic mass is 32.1. The molecule has 0 aromatic carbocycles. The maximum Gasteiger partial charge on any atom is 0.333 e. The lowest BCUT2D eigenvalue weighted by atomic mass is 10.3. The van der Waals surface area contributed by atoms with Gasteiger partial charge in [-0.2, -0.15) is 0 Å². The van der Waals surface area contributed by atoms with Gasteiger partial charge < -0.3 is 9.64 Å². The van der Waals surface area contributed by atoms with Crippen molar-refractivity contribution in [3.8, 4) is 10.6 Å². The number of amides is 2. The largest absolute Gasteiger partial charge is 0.378 e. The summed E-state index contributed by atoms with van der Waals surface area (Å²) in [5.74, 6) is -0.0784. The highest BCUT2D eigenvalue weighted by Gasteiger charge is 2.23. The average Bonchev–Trinajstić information content (AvgIpc) is 3.42. The van der Waals surface area contributed by atoms with Crippen LogP contribution in [0.3, 0.4) is 0 Å². The molecule has 0 unspecified atom stereocenters. The van der Waals surface area contributed by atoms with Gasteiger partial charge in [-0.3, -0.25) is 14.7 Å². The molecule has 0 bridgehead atoms. The first-order chi connectivity index (χ1) is 13.1. The van der Waals surface area contributed by atoms with Crippen LogP contribution in [0, 0.1) is 6.92 Å². The van der Waals surface area contributed by atoms with Gasteiger partial charge in [-0.15, -0.1) is 11.3 Å². The summed E-state index contributed by atoms with van der Waals surface area (Å²) in [6, 6.07) is -0.339. The van der Waals surface area contributed by atoms with Crippen molar-refractivity contribution >= 4 is 39.7 Å². The van der Waals surface area contributed by atoms with Gasteiger partial charge in [-0.1, -0.05) is 11.3 Å². The maximum atomic E-state index is 12.6. The Morgan fingerprint density at radius 2 is 2.07 bits per heavy atom. The molecule has 1 N–H and O–H groups in total. The number of carbonyl (C=O) groups is 2. The second-order valence-corrected chi connectivity index (χ2v) is 7.63. The molecule has 27 heavy (non-hydrogen) atoms. The minimum Gasteiger partial charge on any atom is -0.378 e. The van der Waals surface area contributed by atoms with Crippen LogP contribution in [0.25, 0.3) is 10.6 Å². The van der Waals surface area contributed by atoms with Crippen molar-refractivity contribution in [2.24, 2.45) is 0 Å². The quantitative estimate of drug-likeness (QED) is 0.719. The molecule has 3 aromatic rings. The van der Waals surface area contributed by atoms with Crippen LogP contribution in [0.4, 0.5) is 9.93 Å². The van der Waals surface area contributed by atoms with Crippen LogP contribution in [-0.4, -0.2) is 62.7 Å². The fraction of sp³-hybridized carbons (Fsp3) is 0.312. The maximum absolute atomic E-state index is 12.6. The third-order valence-electron chi connectivity index (χ3n) is 3.97. The van der Waals surface area contributed by atoms with Gasteiger partial charge in [0.2, 0.25) is 0 Å². The van der Waals surface area contributed by atoms with E-state index in [-0.39, 0.29) is 11.9 Å². The number of hydrogen-bond acceptors (Lipinski definition) is 8. The minimum absolute atomic E-state index is 0.0784. The Kier molecular flexibility index (Phi) is 4.97. The van der Waals surface area contributed by atoms with Crippen LogP contribution in [0.15, 0.2) is 24.1 Å². The van der Waals surface area contributed by atoms with E-state index in [9.17, 15) is 9.59 Å². The summed E-state index contributed by atoms with van der Waals surface area (Å²) in [4.78, 5) is 40.0. The summed E-state index contributed by atoms with van der Waals surface area (Å²) in [7, 11) is 0. The smallest absolute Gasteiger partial charge is 0.333 e. The number of anilines is 1. The molecule has 1 aliphatic rings. The van der Waals surface area contributed by atoms with Crippen molar-refractivity contribution in [3.05, 3.63) is 34.8 Å². The highest BCUT2D eigenvalue weighted by Crippen LogP contribution is 2.33. The minimum atomic E-state index is -0.339. The molecule has 4 rings (SSSR count). The Hall–Kier alpha value is -2.63. The first kappa shape index (κ1) is 17.8. The zero-order chi connectivity index (χ0) is 18.8. The number of imidazole rings is 1. The second kappa shape index (κ2) is 7.55. The molecular weight excluding hydrogens is 388 g/mol. The van der Waals surface area contributed by atoms with E-state index in [2.05, 4.69) is 20.3 Å². The van der Waals surface area contributed by atoms with Crippen molar-refractivity contribution in [1.29, 1.82) is 0 Å². The van der Waals surface area contributed by atoms with Gasteiger partial charge in [0.25, 0.3) is 5.91 Å². The fourth-order valence-corrected chi connectivity index (χ4v) is 4.37. The molecule has 140 valence electrons.